The van der Waals surface area contributed by atoms with Crippen LogP contribution in [0.5, 0.6) is 0 Å². The number of nitrogen functional groups attached to an aromatic ring is 1. The molecule has 0 spiro atoms. The molecule has 0 saturated heterocycles. The summed E-state index contributed by atoms with van der Waals surface area (Å²) in [6, 6.07) is 1.96. The summed E-state index contributed by atoms with van der Waals surface area (Å²) in [7, 11) is 0. The number of pyridine rings is 1. The summed E-state index contributed by atoms with van der Waals surface area (Å²) in [5.74, 6) is 0. The van der Waals surface area contributed by atoms with Gasteiger partial charge in [0.15, 0.2) is 0 Å². The van der Waals surface area contributed by atoms with Crippen molar-refractivity contribution >= 4 is 11.4 Å². The highest BCUT2D eigenvalue weighted by Crippen LogP contribution is 2.27. The van der Waals surface area contributed by atoms with Gasteiger partial charge in [-0.15, -0.1) is 0 Å². The van der Waals surface area contributed by atoms with E-state index in [0.29, 0.717) is 0 Å². The summed E-state index contributed by atoms with van der Waals surface area (Å²) in [4.78, 5) is 6.26. The molecule has 0 unspecified atom stereocenters. The van der Waals surface area contributed by atoms with Gasteiger partial charge in [-0.2, -0.15) is 0 Å². The molecule has 14 heavy (non-hydrogen) atoms. The molecule has 3 nitrogen and oxygen atoms in total. The van der Waals surface area contributed by atoms with E-state index < -0.39 is 0 Å². The van der Waals surface area contributed by atoms with Crippen LogP contribution in [0.15, 0.2) is 18.5 Å². The van der Waals surface area contributed by atoms with Gasteiger partial charge in [0.05, 0.1) is 17.6 Å². The van der Waals surface area contributed by atoms with Crippen molar-refractivity contribution in [3.8, 4) is 0 Å². The molecular formula is C11H19N3. The van der Waals surface area contributed by atoms with Crippen molar-refractivity contribution in [2.24, 2.45) is 0 Å². The molecule has 0 aliphatic heterocycles. The molecule has 1 heterocycles. The van der Waals surface area contributed by atoms with Crippen molar-refractivity contribution < 1.29 is 0 Å². The average Bonchev–Trinajstić information content (AvgIpc) is 2.07. The molecule has 2 N–H and O–H groups in total. The quantitative estimate of drug-likeness (QED) is 0.783. The molecule has 0 radical (unpaired) electrons. The first kappa shape index (κ1) is 10.8. The Hall–Kier alpha value is -1.25. The largest absolute Gasteiger partial charge is 0.396 e. The minimum Gasteiger partial charge on any atom is -0.396 e. The number of hydrogen-bond acceptors (Lipinski definition) is 3. The van der Waals surface area contributed by atoms with Crippen molar-refractivity contribution in [3.05, 3.63) is 18.5 Å². The molecule has 3 heteroatoms. The van der Waals surface area contributed by atoms with Gasteiger partial charge in [-0.1, -0.05) is 0 Å². The zero-order valence-electron chi connectivity index (χ0n) is 9.41. The molecule has 1 aromatic heterocycles. The molecule has 0 fully saturated rings. The summed E-state index contributed by atoms with van der Waals surface area (Å²) in [5, 5.41) is 0. The molecule has 0 aliphatic rings. The highest BCUT2D eigenvalue weighted by molar-refractivity contribution is 5.66. The highest BCUT2D eigenvalue weighted by atomic mass is 15.2. The molecule has 1 aromatic rings. The lowest BCUT2D eigenvalue weighted by Crippen LogP contribution is -2.41. The van der Waals surface area contributed by atoms with Crippen molar-refractivity contribution in [2.45, 2.75) is 33.2 Å². The maximum absolute atomic E-state index is 5.89. The lowest BCUT2D eigenvalue weighted by Gasteiger charge is -2.37. The second-order valence-electron chi connectivity index (χ2n) is 4.35. The molecule has 0 aliphatic carbocycles. The van der Waals surface area contributed by atoms with Crippen LogP contribution in [0.2, 0.25) is 0 Å². The van der Waals surface area contributed by atoms with Crippen molar-refractivity contribution in [2.75, 3.05) is 17.2 Å². The minimum atomic E-state index is 0.0875. The first-order valence-corrected chi connectivity index (χ1v) is 4.94. The lowest BCUT2D eigenvalue weighted by atomic mass is 10.0. The Bertz CT molecular complexity index is 302. The smallest absolute Gasteiger partial charge is 0.0738 e. The van der Waals surface area contributed by atoms with Gasteiger partial charge >= 0.3 is 0 Å². The molecule has 0 bridgehead atoms. The van der Waals surface area contributed by atoms with Crippen LogP contribution >= 0.6 is 0 Å². The van der Waals surface area contributed by atoms with E-state index in [9.17, 15) is 0 Å². The summed E-state index contributed by atoms with van der Waals surface area (Å²) in [6.45, 7) is 9.60. The lowest BCUT2D eigenvalue weighted by molar-refractivity contribution is 0.514. The van der Waals surface area contributed by atoms with Crippen LogP contribution < -0.4 is 10.6 Å². The molecule has 1 rings (SSSR count). The van der Waals surface area contributed by atoms with E-state index in [4.69, 9.17) is 5.73 Å². The number of hydrogen-bond donors (Lipinski definition) is 1. The van der Waals surface area contributed by atoms with E-state index in [2.05, 4.69) is 37.6 Å². The van der Waals surface area contributed by atoms with Crippen LogP contribution in [-0.2, 0) is 0 Å². The van der Waals surface area contributed by atoms with Gasteiger partial charge in [-0.05, 0) is 33.8 Å². The molecular weight excluding hydrogens is 174 g/mol. The van der Waals surface area contributed by atoms with Crippen LogP contribution in [0.3, 0.4) is 0 Å². The molecule has 0 aromatic carbocycles. The minimum absolute atomic E-state index is 0.0875. The Kier molecular flexibility index (Phi) is 2.99. The first-order chi connectivity index (χ1) is 6.46. The Morgan fingerprint density at radius 3 is 2.50 bits per heavy atom. The Morgan fingerprint density at radius 2 is 2.07 bits per heavy atom. The molecule has 0 atom stereocenters. The van der Waals surface area contributed by atoms with Crippen LogP contribution in [0.1, 0.15) is 27.7 Å². The number of nitrogens with two attached hydrogens (primary N) is 1. The number of rotatable bonds is 2. The van der Waals surface area contributed by atoms with Gasteiger partial charge in [0.1, 0.15) is 0 Å². The average molecular weight is 193 g/mol. The van der Waals surface area contributed by atoms with Gasteiger partial charge in [-0.25, -0.2) is 0 Å². The van der Waals surface area contributed by atoms with Crippen LogP contribution in [0, 0.1) is 0 Å². The van der Waals surface area contributed by atoms with E-state index in [0.717, 1.165) is 17.9 Å². The second kappa shape index (κ2) is 3.86. The SMILES string of the molecule is CCN(c1ccncc1N)C(C)(C)C. The van der Waals surface area contributed by atoms with E-state index >= 15 is 0 Å². The number of aromatic nitrogens is 1. The number of nitrogens with zero attached hydrogens (tertiary/aromatic N) is 2. The third-order valence-corrected chi connectivity index (χ3v) is 2.24. The normalized spacial score (nSPS) is 11.4. The van der Waals surface area contributed by atoms with Gasteiger partial charge in [0.25, 0.3) is 0 Å². The van der Waals surface area contributed by atoms with Crippen molar-refractivity contribution in [3.63, 3.8) is 0 Å². The summed E-state index contributed by atoms with van der Waals surface area (Å²) in [5.41, 5.74) is 7.78. The highest BCUT2D eigenvalue weighted by Gasteiger charge is 2.21. The van der Waals surface area contributed by atoms with E-state index in [1.54, 1.807) is 12.4 Å². The van der Waals surface area contributed by atoms with Gasteiger partial charge in [0, 0.05) is 18.3 Å². The first-order valence-electron chi connectivity index (χ1n) is 4.94. The van der Waals surface area contributed by atoms with Gasteiger partial charge < -0.3 is 10.6 Å². The third-order valence-electron chi connectivity index (χ3n) is 2.24. The van der Waals surface area contributed by atoms with Crippen molar-refractivity contribution in [1.29, 1.82) is 0 Å². The third kappa shape index (κ3) is 2.16. The maximum atomic E-state index is 5.89. The maximum Gasteiger partial charge on any atom is 0.0738 e. The zero-order valence-corrected chi connectivity index (χ0v) is 9.41. The fraction of sp³-hybridized carbons (Fsp3) is 0.545. The van der Waals surface area contributed by atoms with Gasteiger partial charge in [0.2, 0.25) is 0 Å². The number of anilines is 2. The predicted octanol–water partition coefficient (Wildman–Crippen LogP) is 2.29. The predicted molar refractivity (Wildman–Crippen MR) is 61.4 cm³/mol. The zero-order chi connectivity index (χ0) is 10.8. The van der Waals surface area contributed by atoms with Crippen molar-refractivity contribution in [1.82, 2.24) is 4.98 Å². The van der Waals surface area contributed by atoms with Crippen LogP contribution in [-0.4, -0.2) is 17.1 Å². The second-order valence-corrected chi connectivity index (χ2v) is 4.35. The van der Waals surface area contributed by atoms with E-state index in [1.807, 2.05) is 6.07 Å². The fourth-order valence-electron chi connectivity index (χ4n) is 1.65. The molecule has 78 valence electrons. The Labute approximate surface area is 85.9 Å². The molecule has 0 saturated carbocycles. The van der Waals surface area contributed by atoms with E-state index in [-0.39, 0.29) is 5.54 Å². The standard InChI is InChI=1S/C11H19N3/c1-5-14(11(2,3)4)10-6-7-13-8-9(10)12/h6-8H,5,12H2,1-4H3. The topological polar surface area (TPSA) is 42.2 Å². The summed E-state index contributed by atoms with van der Waals surface area (Å²) < 4.78 is 0. The Morgan fingerprint density at radius 1 is 1.43 bits per heavy atom. The summed E-state index contributed by atoms with van der Waals surface area (Å²) >= 11 is 0. The fourth-order valence-corrected chi connectivity index (χ4v) is 1.65. The van der Waals surface area contributed by atoms with Gasteiger partial charge in [-0.3, -0.25) is 4.98 Å². The molecule has 0 amide bonds. The Balaban J connectivity index is 3.08. The van der Waals surface area contributed by atoms with Crippen LogP contribution in [0.25, 0.3) is 0 Å². The van der Waals surface area contributed by atoms with Crippen LogP contribution in [0.4, 0.5) is 11.4 Å². The van der Waals surface area contributed by atoms with E-state index in [1.165, 1.54) is 0 Å². The monoisotopic (exact) mass is 193 g/mol. The summed E-state index contributed by atoms with van der Waals surface area (Å²) in [6.07, 6.45) is 3.48.